The summed E-state index contributed by atoms with van der Waals surface area (Å²) < 4.78 is 13.8. The van der Waals surface area contributed by atoms with E-state index in [0.717, 1.165) is 53.6 Å². The molecule has 0 spiro atoms. The van der Waals surface area contributed by atoms with Crippen molar-refractivity contribution in [1.82, 2.24) is 19.5 Å². The van der Waals surface area contributed by atoms with Crippen molar-refractivity contribution in [1.29, 1.82) is 0 Å². The van der Waals surface area contributed by atoms with E-state index in [1.165, 1.54) is 0 Å². The normalized spacial score (nSPS) is 21.3. The summed E-state index contributed by atoms with van der Waals surface area (Å²) in [7, 11) is 3.89. The van der Waals surface area contributed by atoms with E-state index in [0.29, 0.717) is 44.1 Å². The van der Waals surface area contributed by atoms with E-state index in [-0.39, 0.29) is 18.0 Å². The van der Waals surface area contributed by atoms with E-state index < -0.39 is 0 Å². The van der Waals surface area contributed by atoms with Crippen molar-refractivity contribution < 1.29 is 14.3 Å². The van der Waals surface area contributed by atoms with Crippen LogP contribution in [0.2, 0.25) is 0 Å². The Kier molecular flexibility index (Phi) is 7.45. The zero-order valence-corrected chi connectivity index (χ0v) is 23.1. The van der Waals surface area contributed by atoms with Gasteiger partial charge in [-0.25, -0.2) is 4.98 Å². The highest BCUT2D eigenvalue weighted by molar-refractivity contribution is 5.97. The number of anilines is 2. The summed E-state index contributed by atoms with van der Waals surface area (Å²) in [4.78, 5) is 25.0. The summed E-state index contributed by atoms with van der Waals surface area (Å²) in [6, 6.07) is 7.64. The average Bonchev–Trinajstić information content (AvgIpc) is 3.51. The highest BCUT2D eigenvalue weighted by Gasteiger charge is 2.29. The molecule has 2 atom stereocenters. The van der Waals surface area contributed by atoms with Crippen LogP contribution in [0.5, 0.6) is 5.75 Å². The van der Waals surface area contributed by atoms with Gasteiger partial charge in [-0.05, 0) is 38.8 Å². The Morgan fingerprint density at radius 3 is 2.66 bits per heavy atom. The maximum absolute atomic E-state index is 13.8. The first-order valence-electron chi connectivity index (χ1n) is 13.5. The van der Waals surface area contributed by atoms with Crippen molar-refractivity contribution in [3.63, 3.8) is 0 Å². The quantitative estimate of drug-likeness (QED) is 0.549. The molecule has 1 aromatic carbocycles. The fourth-order valence-corrected chi connectivity index (χ4v) is 5.54. The van der Waals surface area contributed by atoms with Gasteiger partial charge in [-0.3, -0.25) is 4.79 Å². The Bertz CT molecular complexity index is 1320. The van der Waals surface area contributed by atoms with Crippen molar-refractivity contribution in [3.8, 4) is 5.75 Å². The number of likely N-dealkylation sites (N-methyl/N-ethyl adjacent to an activating group) is 1. The lowest BCUT2D eigenvalue weighted by Gasteiger charge is -2.27. The zero-order chi connectivity index (χ0) is 27.0. The van der Waals surface area contributed by atoms with Gasteiger partial charge < -0.3 is 29.9 Å². The van der Waals surface area contributed by atoms with Gasteiger partial charge in [0, 0.05) is 51.4 Å². The van der Waals surface area contributed by atoms with Crippen LogP contribution in [0.3, 0.4) is 0 Å². The number of rotatable bonds is 2. The molecule has 1 saturated heterocycles. The molecule has 10 nitrogen and oxygen atoms in total. The lowest BCUT2D eigenvalue weighted by atomic mass is 10.1. The molecule has 3 aromatic rings. The van der Waals surface area contributed by atoms with Crippen molar-refractivity contribution in [2.45, 2.75) is 45.7 Å². The first-order valence-corrected chi connectivity index (χ1v) is 13.5. The van der Waals surface area contributed by atoms with Crippen LogP contribution in [0.4, 0.5) is 11.6 Å². The molecule has 2 bridgehead atoms. The standard InChI is InChI=1S/C28H39N7O3/c1-6-23-22-16-25-30-26(34-10-9-20(29)17-34)19(3)27(35(25)31-22)32(4)11-12-37-13-14-38-24-8-7-18(2)15-21(24)28(36)33(23)5/h7-8,15-16,20,23H,6,9-14,17,29H2,1-5H3. The predicted molar refractivity (Wildman–Crippen MR) is 148 cm³/mol. The van der Waals surface area contributed by atoms with Crippen LogP contribution in [-0.2, 0) is 4.74 Å². The van der Waals surface area contributed by atoms with Crippen LogP contribution in [0.1, 0.15) is 53.0 Å². The Morgan fingerprint density at radius 2 is 1.92 bits per heavy atom. The molecule has 1 amide bonds. The van der Waals surface area contributed by atoms with Crippen LogP contribution >= 0.6 is 0 Å². The highest BCUT2D eigenvalue weighted by atomic mass is 16.5. The Labute approximate surface area is 224 Å². The number of hydrogen-bond donors (Lipinski definition) is 1. The van der Waals surface area contributed by atoms with Crippen LogP contribution in [0, 0.1) is 13.8 Å². The van der Waals surface area contributed by atoms with Crippen molar-refractivity contribution in [2.75, 3.05) is 63.4 Å². The largest absolute Gasteiger partial charge is 0.490 e. The number of amides is 1. The van der Waals surface area contributed by atoms with Crippen molar-refractivity contribution >= 4 is 23.2 Å². The van der Waals surface area contributed by atoms with E-state index >= 15 is 0 Å². The first kappa shape index (κ1) is 26.2. The van der Waals surface area contributed by atoms with Crippen molar-refractivity contribution in [3.05, 3.63) is 46.6 Å². The van der Waals surface area contributed by atoms with Crippen LogP contribution in [0.15, 0.2) is 24.3 Å². The van der Waals surface area contributed by atoms with Crippen molar-refractivity contribution in [2.24, 2.45) is 5.73 Å². The molecule has 38 heavy (non-hydrogen) atoms. The molecular weight excluding hydrogens is 482 g/mol. The number of ether oxygens (including phenoxy) is 2. The maximum atomic E-state index is 13.8. The second-order valence-electron chi connectivity index (χ2n) is 10.4. The molecule has 0 radical (unpaired) electrons. The topological polar surface area (TPSA) is 101 Å². The molecule has 4 heterocycles. The monoisotopic (exact) mass is 521 g/mol. The zero-order valence-electron chi connectivity index (χ0n) is 23.1. The number of nitrogens with zero attached hydrogens (tertiary/aromatic N) is 6. The molecule has 204 valence electrons. The lowest BCUT2D eigenvalue weighted by Crippen LogP contribution is -2.32. The minimum Gasteiger partial charge on any atom is -0.490 e. The van der Waals surface area contributed by atoms with E-state index in [4.69, 9.17) is 25.3 Å². The average molecular weight is 522 g/mol. The first-order chi connectivity index (χ1) is 18.3. The molecular formula is C28H39N7O3. The fourth-order valence-electron chi connectivity index (χ4n) is 5.54. The van der Waals surface area contributed by atoms with Gasteiger partial charge in [0.25, 0.3) is 5.91 Å². The Hall–Kier alpha value is -3.37. The number of benzene rings is 1. The number of carbonyl (C=O) groups excluding carboxylic acids is 1. The summed E-state index contributed by atoms with van der Waals surface area (Å²) in [6.45, 7) is 9.81. The summed E-state index contributed by atoms with van der Waals surface area (Å²) in [5, 5.41) is 5.03. The molecule has 2 aliphatic rings. The molecule has 0 saturated carbocycles. The van der Waals surface area contributed by atoms with E-state index in [2.05, 4.69) is 30.7 Å². The van der Waals surface area contributed by atoms with Gasteiger partial charge in [-0.2, -0.15) is 9.61 Å². The van der Waals surface area contributed by atoms with Gasteiger partial charge in [0.15, 0.2) is 5.65 Å². The summed E-state index contributed by atoms with van der Waals surface area (Å²) in [5.74, 6) is 2.37. The molecule has 2 N–H and O–H groups in total. The number of aromatic nitrogens is 3. The number of aryl methyl sites for hydroxylation is 1. The predicted octanol–water partition coefficient (Wildman–Crippen LogP) is 2.95. The van der Waals surface area contributed by atoms with Gasteiger partial charge in [0.05, 0.1) is 30.5 Å². The smallest absolute Gasteiger partial charge is 0.257 e. The van der Waals surface area contributed by atoms with E-state index in [1.807, 2.05) is 42.8 Å². The maximum Gasteiger partial charge on any atom is 0.257 e. The third-order valence-corrected chi connectivity index (χ3v) is 7.62. The number of hydrogen-bond acceptors (Lipinski definition) is 8. The molecule has 1 fully saturated rings. The molecule has 2 aromatic heterocycles. The number of fused-ring (bicyclic) bond motifs is 2. The third kappa shape index (κ3) is 4.90. The lowest BCUT2D eigenvalue weighted by molar-refractivity contribution is 0.0711. The Morgan fingerprint density at radius 1 is 1.11 bits per heavy atom. The van der Waals surface area contributed by atoms with Gasteiger partial charge in [-0.1, -0.05) is 18.6 Å². The summed E-state index contributed by atoms with van der Waals surface area (Å²) in [5.41, 5.74) is 10.4. The Balaban J connectivity index is 1.63. The van der Waals surface area contributed by atoms with Crippen LogP contribution < -0.4 is 20.3 Å². The molecule has 5 rings (SSSR count). The van der Waals surface area contributed by atoms with Gasteiger partial charge >= 0.3 is 0 Å². The fraction of sp³-hybridized carbons (Fsp3) is 0.536. The van der Waals surface area contributed by atoms with E-state index in [1.54, 1.807) is 4.90 Å². The molecule has 10 heteroatoms. The minimum atomic E-state index is -0.226. The molecule has 2 unspecified atom stereocenters. The molecule has 0 aliphatic carbocycles. The van der Waals surface area contributed by atoms with Crippen LogP contribution in [-0.4, -0.2) is 85.0 Å². The number of carbonyl (C=O) groups is 1. The second-order valence-corrected chi connectivity index (χ2v) is 10.4. The SMILES string of the molecule is CCC1c2cc3nc(N4CCC(N)C4)c(C)c(n3n2)N(C)CCOCCOc2ccc(C)cc2C(=O)N1C. The summed E-state index contributed by atoms with van der Waals surface area (Å²) >= 11 is 0. The highest BCUT2D eigenvalue weighted by Crippen LogP contribution is 2.33. The summed E-state index contributed by atoms with van der Waals surface area (Å²) in [6.07, 6.45) is 1.66. The number of nitrogens with two attached hydrogens (primary N) is 1. The minimum absolute atomic E-state index is 0.103. The molecule has 2 aliphatic heterocycles. The van der Waals surface area contributed by atoms with Gasteiger partial charge in [0.2, 0.25) is 0 Å². The van der Waals surface area contributed by atoms with Gasteiger partial charge in [0.1, 0.15) is 24.0 Å². The second kappa shape index (κ2) is 10.8. The van der Waals surface area contributed by atoms with Crippen LogP contribution in [0.25, 0.3) is 5.65 Å². The van der Waals surface area contributed by atoms with Gasteiger partial charge in [-0.15, -0.1) is 0 Å². The third-order valence-electron chi connectivity index (χ3n) is 7.62. The van der Waals surface area contributed by atoms with E-state index in [9.17, 15) is 4.79 Å².